The predicted molar refractivity (Wildman–Crippen MR) is 108 cm³/mol. The molecule has 2 aromatic heterocycles. The number of aromatic nitrogens is 6. The first kappa shape index (κ1) is 24.2. The molecule has 0 bridgehead atoms. The molecule has 1 aliphatic rings. The second-order valence-electron chi connectivity index (χ2n) is 7.32. The van der Waals surface area contributed by atoms with E-state index >= 15 is 0 Å². The van der Waals surface area contributed by atoms with Crippen molar-refractivity contribution in [2.45, 2.75) is 31.5 Å². The molecule has 1 atom stereocenters. The molecule has 0 fully saturated rings. The number of nitrogens with one attached hydrogen (secondary N) is 1. The summed E-state index contributed by atoms with van der Waals surface area (Å²) in [7, 11) is 4.23. The lowest BCUT2D eigenvalue weighted by molar-refractivity contribution is -0.142. The number of tetrazole rings is 1. The largest absolute Gasteiger partial charge is 0.497 e. The Morgan fingerprint density at radius 2 is 2.03 bits per heavy atom. The standard InChI is InChI=1S/C18H19ClF3N7O4/c1-17(6-5-9(32-3)10(7-17)33-4)11-12(19)13(25-28(2)15(11)31)14(30)23-16-24-26-27-29(16)8-18(20,21)22/h5-6H,7-8H2,1-4H3,(H,23,24,27,30). The zero-order valence-electron chi connectivity index (χ0n) is 17.9. The van der Waals surface area contributed by atoms with Gasteiger partial charge in [0.05, 0.1) is 24.8 Å². The van der Waals surface area contributed by atoms with Crippen LogP contribution in [-0.4, -0.2) is 56.3 Å². The van der Waals surface area contributed by atoms with Crippen LogP contribution in [0.3, 0.4) is 0 Å². The summed E-state index contributed by atoms with van der Waals surface area (Å²) in [6.07, 6.45) is -1.14. The summed E-state index contributed by atoms with van der Waals surface area (Å²) in [5.74, 6) is -0.650. The Balaban J connectivity index is 2.02. The van der Waals surface area contributed by atoms with Gasteiger partial charge >= 0.3 is 6.18 Å². The van der Waals surface area contributed by atoms with Gasteiger partial charge in [0.1, 0.15) is 12.3 Å². The Labute approximate surface area is 189 Å². The molecule has 1 amide bonds. The number of methoxy groups -OCH3 is 2. The minimum absolute atomic E-state index is 0.0441. The lowest BCUT2D eigenvalue weighted by Crippen LogP contribution is -2.37. The summed E-state index contributed by atoms with van der Waals surface area (Å²) in [5.41, 5.74) is -1.93. The summed E-state index contributed by atoms with van der Waals surface area (Å²) in [6, 6.07) is 0. The van der Waals surface area contributed by atoms with Crippen LogP contribution in [0, 0.1) is 0 Å². The van der Waals surface area contributed by atoms with Gasteiger partial charge in [-0.1, -0.05) is 29.7 Å². The van der Waals surface area contributed by atoms with E-state index in [1.54, 1.807) is 19.1 Å². The van der Waals surface area contributed by atoms with E-state index in [9.17, 15) is 22.8 Å². The van der Waals surface area contributed by atoms with Crippen LogP contribution in [-0.2, 0) is 28.5 Å². The lowest BCUT2D eigenvalue weighted by Gasteiger charge is -2.31. The number of anilines is 1. The van der Waals surface area contributed by atoms with E-state index in [1.165, 1.54) is 21.3 Å². The van der Waals surface area contributed by atoms with Gasteiger partial charge in [0.2, 0.25) is 5.95 Å². The molecule has 2 aromatic rings. The zero-order chi connectivity index (χ0) is 24.6. The van der Waals surface area contributed by atoms with Crippen molar-refractivity contribution in [3.63, 3.8) is 0 Å². The summed E-state index contributed by atoms with van der Waals surface area (Å²) in [4.78, 5) is 25.8. The number of carbonyl (C=O) groups is 1. The van der Waals surface area contributed by atoms with E-state index in [0.29, 0.717) is 16.2 Å². The number of halogens is 4. The van der Waals surface area contributed by atoms with E-state index in [0.717, 1.165) is 4.68 Å². The molecule has 33 heavy (non-hydrogen) atoms. The van der Waals surface area contributed by atoms with Crippen LogP contribution in [0.1, 0.15) is 29.4 Å². The second-order valence-corrected chi connectivity index (χ2v) is 7.70. The average Bonchev–Trinajstić information content (AvgIpc) is 3.15. The van der Waals surface area contributed by atoms with E-state index in [2.05, 4.69) is 25.9 Å². The smallest absolute Gasteiger partial charge is 0.408 e. The third-order valence-corrected chi connectivity index (χ3v) is 5.30. The predicted octanol–water partition coefficient (Wildman–Crippen LogP) is 1.96. The Morgan fingerprint density at radius 1 is 1.33 bits per heavy atom. The van der Waals surface area contributed by atoms with Crippen molar-refractivity contribution in [2.24, 2.45) is 7.05 Å². The van der Waals surface area contributed by atoms with Gasteiger partial charge in [-0.05, 0) is 16.5 Å². The Hall–Kier alpha value is -3.42. The van der Waals surface area contributed by atoms with Gasteiger partial charge in [0, 0.05) is 18.9 Å². The first-order valence-electron chi connectivity index (χ1n) is 9.32. The number of aryl methyl sites for hydroxylation is 1. The van der Waals surface area contributed by atoms with E-state index in [-0.39, 0.29) is 17.0 Å². The average molecular weight is 490 g/mol. The topological polar surface area (TPSA) is 126 Å². The van der Waals surface area contributed by atoms with Gasteiger partial charge in [0.25, 0.3) is 11.5 Å². The van der Waals surface area contributed by atoms with E-state index < -0.39 is 41.2 Å². The molecule has 0 saturated carbocycles. The highest BCUT2D eigenvalue weighted by molar-refractivity contribution is 6.34. The highest BCUT2D eigenvalue weighted by Gasteiger charge is 2.37. The molecule has 3 rings (SSSR count). The molecule has 178 valence electrons. The SMILES string of the molecule is COC1=C(OC)CC(C)(c2c(Cl)c(C(=O)Nc3nnnn3CC(F)(F)F)nn(C)c2=O)C=C1. The minimum atomic E-state index is -4.62. The number of hydrogen-bond donors (Lipinski definition) is 1. The quantitative estimate of drug-likeness (QED) is 0.652. The number of rotatable bonds is 6. The number of carbonyl (C=O) groups excluding carboxylic acids is 1. The number of nitrogens with zero attached hydrogens (tertiary/aromatic N) is 6. The van der Waals surface area contributed by atoms with Crippen molar-refractivity contribution in [3.8, 4) is 0 Å². The minimum Gasteiger partial charge on any atom is -0.497 e. The molecule has 0 saturated heterocycles. The molecule has 11 nitrogen and oxygen atoms in total. The van der Waals surface area contributed by atoms with Gasteiger partial charge < -0.3 is 9.47 Å². The van der Waals surface area contributed by atoms with Crippen molar-refractivity contribution < 1.29 is 27.4 Å². The second kappa shape index (κ2) is 8.84. The molecule has 15 heteroatoms. The Bertz CT molecular complexity index is 1200. The maximum atomic E-state index is 12.9. The number of ether oxygens (including phenoxy) is 2. The monoisotopic (exact) mass is 489 g/mol. The van der Waals surface area contributed by atoms with Crippen LogP contribution >= 0.6 is 11.6 Å². The van der Waals surface area contributed by atoms with Crippen LogP contribution in [0.5, 0.6) is 0 Å². The molecule has 1 unspecified atom stereocenters. The molecular weight excluding hydrogens is 471 g/mol. The number of allylic oxidation sites excluding steroid dienone is 3. The number of amides is 1. The molecule has 0 aromatic carbocycles. The molecule has 0 radical (unpaired) electrons. The van der Waals surface area contributed by atoms with Crippen LogP contribution in [0.4, 0.5) is 19.1 Å². The van der Waals surface area contributed by atoms with Gasteiger partial charge in [-0.25, -0.2) is 9.36 Å². The van der Waals surface area contributed by atoms with Gasteiger partial charge in [-0.15, -0.1) is 0 Å². The van der Waals surface area contributed by atoms with Crippen molar-refractivity contribution in [1.82, 2.24) is 30.0 Å². The maximum absolute atomic E-state index is 12.9. The fraction of sp³-hybridized carbons (Fsp3) is 0.444. The van der Waals surface area contributed by atoms with E-state index in [1.807, 2.05) is 0 Å². The van der Waals surface area contributed by atoms with Crippen molar-refractivity contribution in [1.29, 1.82) is 0 Å². The fourth-order valence-electron chi connectivity index (χ4n) is 3.34. The molecule has 0 aliphatic heterocycles. The first-order valence-corrected chi connectivity index (χ1v) is 9.70. The molecule has 2 heterocycles. The number of hydrogen-bond acceptors (Lipinski definition) is 8. The molecule has 1 N–H and O–H groups in total. The Morgan fingerprint density at radius 3 is 2.64 bits per heavy atom. The molecule has 1 aliphatic carbocycles. The third-order valence-electron chi connectivity index (χ3n) is 4.93. The maximum Gasteiger partial charge on any atom is 0.408 e. The summed E-state index contributed by atoms with van der Waals surface area (Å²) < 4.78 is 50.0. The Kier molecular flexibility index (Phi) is 6.49. The van der Waals surface area contributed by atoms with Crippen LogP contribution in [0.15, 0.2) is 28.5 Å². The fourth-order valence-corrected chi connectivity index (χ4v) is 3.76. The first-order chi connectivity index (χ1) is 15.4. The molecular formula is C18H19ClF3N7O4. The summed E-state index contributed by atoms with van der Waals surface area (Å²) >= 11 is 6.45. The summed E-state index contributed by atoms with van der Waals surface area (Å²) in [6.45, 7) is 0.190. The van der Waals surface area contributed by atoms with Crippen molar-refractivity contribution >= 4 is 23.5 Å². The van der Waals surface area contributed by atoms with Gasteiger partial charge in [-0.2, -0.15) is 18.3 Å². The van der Waals surface area contributed by atoms with Crippen LogP contribution in [0.2, 0.25) is 5.02 Å². The van der Waals surface area contributed by atoms with E-state index in [4.69, 9.17) is 21.1 Å². The zero-order valence-corrected chi connectivity index (χ0v) is 18.7. The number of alkyl halides is 3. The van der Waals surface area contributed by atoms with Gasteiger partial charge in [-0.3, -0.25) is 14.9 Å². The van der Waals surface area contributed by atoms with Crippen molar-refractivity contribution in [3.05, 3.63) is 50.3 Å². The lowest BCUT2D eigenvalue weighted by atomic mass is 9.76. The van der Waals surface area contributed by atoms with Crippen LogP contribution in [0.25, 0.3) is 0 Å². The highest BCUT2D eigenvalue weighted by Crippen LogP contribution is 2.39. The highest BCUT2D eigenvalue weighted by atomic mass is 35.5. The van der Waals surface area contributed by atoms with Crippen molar-refractivity contribution in [2.75, 3.05) is 19.5 Å². The normalized spacial score (nSPS) is 18.4. The third kappa shape index (κ3) is 4.84. The van der Waals surface area contributed by atoms with Gasteiger partial charge in [0.15, 0.2) is 11.5 Å². The molecule has 0 spiro atoms. The summed E-state index contributed by atoms with van der Waals surface area (Å²) in [5, 5.41) is 15.5. The van der Waals surface area contributed by atoms with Crippen LogP contribution < -0.4 is 10.9 Å².